The first-order valence-corrected chi connectivity index (χ1v) is 7.58. The Balaban J connectivity index is 1.91. The van der Waals surface area contributed by atoms with Crippen LogP contribution in [-0.4, -0.2) is 14.5 Å². The van der Waals surface area contributed by atoms with E-state index in [2.05, 4.69) is 38.0 Å². The van der Waals surface area contributed by atoms with Crippen LogP contribution in [0.25, 0.3) is 11.2 Å². The summed E-state index contributed by atoms with van der Waals surface area (Å²) in [4.78, 5) is 10.2. The van der Waals surface area contributed by atoms with Gasteiger partial charge >= 0.3 is 0 Å². The largest absolute Gasteiger partial charge is 0.369 e. The van der Waals surface area contributed by atoms with Gasteiger partial charge in [0.05, 0.1) is 3.79 Å². The van der Waals surface area contributed by atoms with Gasteiger partial charge in [-0.25, -0.2) is 9.97 Å². The summed E-state index contributed by atoms with van der Waals surface area (Å²) in [6.45, 7) is 2.77. The van der Waals surface area contributed by atoms with Crippen molar-refractivity contribution >= 4 is 44.4 Å². The van der Waals surface area contributed by atoms with Gasteiger partial charge < -0.3 is 5.73 Å². The van der Waals surface area contributed by atoms with Crippen LogP contribution in [0.5, 0.6) is 0 Å². The maximum Gasteiger partial charge on any atom is 0.202 e. The maximum atomic E-state index is 5.98. The van der Waals surface area contributed by atoms with E-state index in [-0.39, 0.29) is 0 Å². The van der Waals surface area contributed by atoms with Crippen molar-refractivity contribution in [2.75, 3.05) is 5.73 Å². The van der Waals surface area contributed by atoms with Crippen molar-refractivity contribution in [3.05, 3.63) is 38.6 Å². The van der Waals surface area contributed by atoms with Gasteiger partial charge in [0.25, 0.3) is 0 Å². The number of hydrogen-bond acceptors (Lipinski definition) is 4. The summed E-state index contributed by atoms with van der Waals surface area (Å²) in [6, 6.07) is 8.11. The van der Waals surface area contributed by atoms with Crippen molar-refractivity contribution in [2.24, 2.45) is 0 Å². The second-order valence-electron chi connectivity index (χ2n) is 4.37. The number of halogens is 1. The molecule has 0 aromatic carbocycles. The van der Waals surface area contributed by atoms with Crippen LogP contribution >= 0.6 is 27.3 Å². The normalized spacial score (nSPS) is 11.3. The third-order valence-corrected chi connectivity index (χ3v) is 4.66. The quantitative estimate of drug-likeness (QED) is 0.797. The highest BCUT2D eigenvalue weighted by Gasteiger charge is 2.10. The molecule has 0 amide bonds. The average Bonchev–Trinajstić information content (AvgIpc) is 2.90. The fraction of sp³-hybridized carbons (Fsp3) is 0.231. The lowest BCUT2D eigenvalue weighted by Gasteiger charge is -2.04. The smallest absolute Gasteiger partial charge is 0.202 e. The first-order valence-electron chi connectivity index (χ1n) is 5.97. The molecule has 0 saturated heterocycles. The summed E-state index contributed by atoms with van der Waals surface area (Å²) in [6.07, 6.45) is 0.932. The number of rotatable bonds is 3. The van der Waals surface area contributed by atoms with E-state index < -0.39 is 0 Å². The number of anilines is 1. The highest BCUT2D eigenvalue weighted by Crippen LogP contribution is 2.24. The Morgan fingerprint density at radius 2 is 2.11 bits per heavy atom. The van der Waals surface area contributed by atoms with Gasteiger partial charge in [-0.05, 0) is 53.5 Å². The van der Waals surface area contributed by atoms with Crippen LogP contribution in [0.3, 0.4) is 0 Å². The standard InChI is InChI=1S/C13H13BrN4S/c1-8-2-4-10-12(16-8)18(13(15)17-10)7-6-9-3-5-11(14)19-9/h2-5H,6-7H2,1H3,(H2,15,17). The summed E-state index contributed by atoms with van der Waals surface area (Å²) in [5, 5.41) is 0. The highest BCUT2D eigenvalue weighted by molar-refractivity contribution is 9.11. The second-order valence-corrected chi connectivity index (χ2v) is 6.92. The maximum absolute atomic E-state index is 5.98. The van der Waals surface area contributed by atoms with Crippen molar-refractivity contribution in [3.8, 4) is 0 Å². The van der Waals surface area contributed by atoms with Crippen molar-refractivity contribution in [1.82, 2.24) is 14.5 Å². The minimum Gasteiger partial charge on any atom is -0.369 e. The zero-order valence-corrected chi connectivity index (χ0v) is 12.8. The van der Waals surface area contributed by atoms with Gasteiger partial charge in [-0.1, -0.05) is 0 Å². The Hall–Kier alpha value is -1.40. The summed E-state index contributed by atoms with van der Waals surface area (Å²) >= 11 is 5.22. The summed E-state index contributed by atoms with van der Waals surface area (Å²) < 4.78 is 3.13. The summed E-state index contributed by atoms with van der Waals surface area (Å²) in [5.74, 6) is 0.531. The molecule has 3 aromatic heterocycles. The van der Waals surface area contributed by atoms with Gasteiger partial charge in [-0.3, -0.25) is 4.57 Å². The molecule has 0 aliphatic rings. The molecule has 3 aromatic rings. The molecular weight excluding hydrogens is 324 g/mol. The van der Waals surface area contributed by atoms with Crippen molar-refractivity contribution in [1.29, 1.82) is 0 Å². The van der Waals surface area contributed by atoms with Gasteiger partial charge in [-0.15, -0.1) is 11.3 Å². The number of nitrogen functional groups attached to an aromatic ring is 1. The third-order valence-electron chi connectivity index (χ3n) is 2.97. The molecule has 3 rings (SSSR count). The van der Waals surface area contributed by atoms with E-state index in [9.17, 15) is 0 Å². The van der Waals surface area contributed by atoms with Gasteiger partial charge in [-0.2, -0.15) is 0 Å². The molecule has 0 aliphatic heterocycles. The van der Waals surface area contributed by atoms with E-state index in [1.165, 1.54) is 4.88 Å². The molecular formula is C13H13BrN4S. The molecule has 98 valence electrons. The van der Waals surface area contributed by atoms with E-state index in [0.29, 0.717) is 5.95 Å². The van der Waals surface area contributed by atoms with E-state index >= 15 is 0 Å². The number of aryl methyl sites for hydroxylation is 3. The lowest BCUT2D eigenvalue weighted by atomic mass is 10.3. The molecule has 0 saturated carbocycles. The lowest BCUT2D eigenvalue weighted by molar-refractivity contribution is 0.725. The molecule has 3 heterocycles. The van der Waals surface area contributed by atoms with Crippen LogP contribution in [0.15, 0.2) is 28.1 Å². The molecule has 4 nitrogen and oxygen atoms in total. The number of imidazole rings is 1. The number of fused-ring (bicyclic) bond motifs is 1. The Labute approximate surface area is 123 Å². The van der Waals surface area contributed by atoms with Crippen LogP contribution in [0.1, 0.15) is 10.6 Å². The minimum absolute atomic E-state index is 0.531. The molecule has 0 bridgehead atoms. The average molecular weight is 337 g/mol. The molecule has 19 heavy (non-hydrogen) atoms. The number of pyridine rings is 1. The Morgan fingerprint density at radius 1 is 1.26 bits per heavy atom. The van der Waals surface area contributed by atoms with E-state index in [1.807, 2.05) is 23.6 Å². The number of nitrogens with two attached hydrogens (primary N) is 1. The van der Waals surface area contributed by atoms with Gasteiger partial charge in [0.2, 0.25) is 5.95 Å². The minimum atomic E-state index is 0.531. The number of thiophene rings is 1. The molecule has 6 heteroatoms. The molecule has 0 radical (unpaired) electrons. The van der Waals surface area contributed by atoms with Crippen LogP contribution in [-0.2, 0) is 13.0 Å². The predicted molar refractivity (Wildman–Crippen MR) is 82.4 cm³/mol. The van der Waals surface area contributed by atoms with Gasteiger partial charge in [0.15, 0.2) is 5.65 Å². The number of nitrogens with zero attached hydrogens (tertiary/aromatic N) is 3. The van der Waals surface area contributed by atoms with E-state index in [0.717, 1.165) is 33.6 Å². The molecule has 0 unspecified atom stereocenters. The number of hydrogen-bond donors (Lipinski definition) is 1. The van der Waals surface area contributed by atoms with Gasteiger partial charge in [0, 0.05) is 17.1 Å². The zero-order valence-electron chi connectivity index (χ0n) is 10.4. The van der Waals surface area contributed by atoms with Crippen molar-refractivity contribution in [2.45, 2.75) is 19.9 Å². The highest BCUT2D eigenvalue weighted by atomic mass is 79.9. The molecule has 0 atom stereocenters. The van der Waals surface area contributed by atoms with Crippen LogP contribution in [0.4, 0.5) is 5.95 Å². The summed E-state index contributed by atoms with van der Waals surface area (Å²) in [7, 11) is 0. The summed E-state index contributed by atoms with van der Waals surface area (Å²) in [5.41, 5.74) is 8.68. The molecule has 0 aliphatic carbocycles. The topological polar surface area (TPSA) is 56.7 Å². The fourth-order valence-corrected chi connectivity index (χ4v) is 3.51. The van der Waals surface area contributed by atoms with Gasteiger partial charge in [0.1, 0.15) is 5.52 Å². The van der Waals surface area contributed by atoms with Crippen LogP contribution in [0.2, 0.25) is 0 Å². The third kappa shape index (κ3) is 2.50. The van der Waals surface area contributed by atoms with Crippen molar-refractivity contribution < 1.29 is 0 Å². The lowest BCUT2D eigenvalue weighted by Crippen LogP contribution is -2.06. The SMILES string of the molecule is Cc1ccc2nc(N)n(CCc3ccc(Br)s3)c2n1. The van der Waals surface area contributed by atoms with Crippen LogP contribution in [0, 0.1) is 6.92 Å². The first-order chi connectivity index (χ1) is 9.13. The molecule has 0 spiro atoms. The zero-order chi connectivity index (χ0) is 13.4. The van der Waals surface area contributed by atoms with Crippen molar-refractivity contribution in [3.63, 3.8) is 0 Å². The monoisotopic (exact) mass is 336 g/mol. The van der Waals surface area contributed by atoms with Crippen LogP contribution < -0.4 is 5.73 Å². The second kappa shape index (κ2) is 4.94. The molecule has 0 fully saturated rings. The molecule has 2 N–H and O–H groups in total. The Kier molecular flexibility index (Phi) is 3.28. The Morgan fingerprint density at radius 3 is 2.84 bits per heavy atom. The number of aromatic nitrogens is 3. The Bertz CT molecular complexity index is 731. The van der Waals surface area contributed by atoms with E-state index in [4.69, 9.17) is 5.73 Å². The predicted octanol–water partition coefficient (Wildman–Crippen LogP) is 3.39. The van der Waals surface area contributed by atoms with E-state index in [1.54, 1.807) is 11.3 Å². The first kappa shape index (κ1) is 12.6. The fourth-order valence-electron chi connectivity index (χ4n) is 2.04.